The Labute approximate surface area is 134 Å². The Balaban J connectivity index is 2.07. The molecule has 2 aromatic rings. The second-order valence-corrected chi connectivity index (χ2v) is 4.63. The summed E-state index contributed by atoms with van der Waals surface area (Å²) in [5.74, 6) is -0.0872. The second kappa shape index (κ2) is 7.79. The fraction of sp³-hybridized carbons (Fsp3) is 0.111. The Hall–Kier alpha value is -3.08. The van der Waals surface area contributed by atoms with E-state index in [1.807, 2.05) is 24.3 Å². The molecule has 0 unspecified atom stereocenters. The van der Waals surface area contributed by atoms with Gasteiger partial charge in [-0.3, -0.25) is 4.79 Å². The van der Waals surface area contributed by atoms with Gasteiger partial charge in [-0.05, 0) is 35.9 Å². The molecule has 0 aromatic heterocycles. The maximum atomic E-state index is 12.0. The van der Waals surface area contributed by atoms with Crippen LogP contribution in [0.2, 0.25) is 0 Å². The van der Waals surface area contributed by atoms with E-state index < -0.39 is 5.97 Å². The highest BCUT2D eigenvalue weighted by molar-refractivity contribution is 6.06. The summed E-state index contributed by atoms with van der Waals surface area (Å²) >= 11 is 0. The number of benzene rings is 2. The highest BCUT2D eigenvalue weighted by atomic mass is 16.5. The summed E-state index contributed by atoms with van der Waals surface area (Å²) in [7, 11) is 2.89. The third-order valence-corrected chi connectivity index (χ3v) is 3.13. The zero-order valence-corrected chi connectivity index (χ0v) is 12.9. The smallest absolute Gasteiger partial charge is 0.339 e. The number of hydrogen-bond donors (Lipinski definition) is 1. The molecule has 2 rings (SSSR count). The molecule has 0 atom stereocenters. The van der Waals surface area contributed by atoms with Crippen molar-refractivity contribution in [3.8, 4) is 5.75 Å². The van der Waals surface area contributed by atoms with Crippen LogP contribution in [0.4, 0.5) is 5.69 Å². The second-order valence-electron chi connectivity index (χ2n) is 4.63. The van der Waals surface area contributed by atoms with Crippen molar-refractivity contribution in [2.45, 2.75) is 0 Å². The molecule has 0 saturated carbocycles. The van der Waals surface area contributed by atoms with E-state index in [2.05, 4.69) is 10.1 Å². The quantitative estimate of drug-likeness (QED) is 0.680. The summed E-state index contributed by atoms with van der Waals surface area (Å²) in [6.07, 6.45) is 3.07. The van der Waals surface area contributed by atoms with Gasteiger partial charge in [0.25, 0.3) is 0 Å². The minimum Gasteiger partial charge on any atom is -0.497 e. The largest absolute Gasteiger partial charge is 0.497 e. The molecule has 0 radical (unpaired) electrons. The number of nitrogens with one attached hydrogen (secondary N) is 1. The molecule has 1 amide bonds. The van der Waals surface area contributed by atoms with Crippen LogP contribution in [0.15, 0.2) is 54.6 Å². The van der Waals surface area contributed by atoms with Gasteiger partial charge in [0, 0.05) is 6.08 Å². The molecule has 0 spiro atoms. The average Bonchev–Trinajstić information content (AvgIpc) is 2.60. The van der Waals surface area contributed by atoms with Gasteiger partial charge in [-0.1, -0.05) is 24.3 Å². The van der Waals surface area contributed by atoms with Crippen molar-refractivity contribution in [1.82, 2.24) is 0 Å². The van der Waals surface area contributed by atoms with Gasteiger partial charge in [0.2, 0.25) is 5.91 Å². The first kappa shape index (κ1) is 16.3. The number of carbonyl (C=O) groups excluding carboxylic acids is 2. The van der Waals surface area contributed by atoms with Crippen molar-refractivity contribution in [2.24, 2.45) is 0 Å². The van der Waals surface area contributed by atoms with Crippen molar-refractivity contribution in [3.05, 3.63) is 65.7 Å². The first-order chi connectivity index (χ1) is 11.1. The lowest BCUT2D eigenvalue weighted by Crippen LogP contribution is -2.12. The van der Waals surface area contributed by atoms with Gasteiger partial charge in [-0.2, -0.15) is 0 Å². The number of hydrogen-bond acceptors (Lipinski definition) is 4. The van der Waals surface area contributed by atoms with E-state index in [4.69, 9.17) is 4.74 Å². The molecule has 0 fully saturated rings. The normalized spacial score (nSPS) is 10.3. The van der Waals surface area contributed by atoms with Crippen molar-refractivity contribution in [2.75, 3.05) is 19.5 Å². The van der Waals surface area contributed by atoms with E-state index in [-0.39, 0.29) is 5.91 Å². The van der Waals surface area contributed by atoms with Crippen molar-refractivity contribution >= 4 is 23.6 Å². The number of rotatable bonds is 5. The average molecular weight is 311 g/mol. The van der Waals surface area contributed by atoms with Crippen LogP contribution in [0, 0.1) is 0 Å². The van der Waals surface area contributed by atoms with E-state index >= 15 is 0 Å². The van der Waals surface area contributed by atoms with E-state index in [1.165, 1.54) is 13.2 Å². The lowest BCUT2D eigenvalue weighted by Gasteiger charge is -2.07. The monoisotopic (exact) mass is 311 g/mol. The third-order valence-electron chi connectivity index (χ3n) is 3.13. The zero-order chi connectivity index (χ0) is 16.7. The number of para-hydroxylation sites is 1. The van der Waals surface area contributed by atoms with Crippen LogP contribution in [0.1, 0.15) is 15.9 Å². The van der Waals surface area contributed by atoms with Gasteiger partial charge in [0.05, 0.1) is 25.5 Å². The molecule has 23 heavy (non-hydrogen) atoms. The Morgan fingerprint density at radius 3 is 2.35 bits per heavy atom. The maximum Gasteiger partial charge on any atom is 0.339 e. The van der Waals surface area contributed by atoms with E-state index in [1.54, 1.807) is 37.5 Å². The standard InChI is InChI=1S/C18H17NO4/c1-22-14-10-7-13(8-11-14)9-12-17(20)19-16-6-4-3-5-15(16)18(21)23-2/h3-12H,1-2H3,(H,19,20)/b12-9+. The van der Waals surface area contributed by atoms with E-state index in [0.29, 0.717) is 11.3 Å². The lowest BCUT2D eigenvalue weighted by molar-refractivity contribution is -0.111. The molecular formula is C18H17NO4. The number of amides is 1. The van der Waals surface area contributed by atoms with Gasteiger partial charge >= 0.3 is 5.97 Å². The van der Waals surface area contributed by atoms with E-state index in [9.17, 15) is 9.59 Å². The summed E-state index contributed by atoms with van der Waals surface area (Å²) in [5.41, 5.74) is 1.58. The first-order valence-corrected chi connectivity index (χ1v) is 6.94. The topological polar surface area (TPSA) is 64.6 Å². The molecule has 5 nitrogen and oxygen atoms in total. The summed E-state index contributed by atoms with van der Waals surface area (Å²) < 4.78 is 9.76. The fourth-order valence-electron chi connectivity index (χ4n) is 1.94. The van der Waals surface area contributed by atoms with Gasteiger partial charge in [-0.25, -0.2) is 4.79 Å². The first-order valence-electron chi connectivity index (χ1n) is 6.94. The van der Waals surface area contributed by atoms with Crippen LogP contribution in [-0.2, 0) is 9.53 Å². The van der Waals surface area contributed by atoms with Gasteiger partial charge < -0.3 is 14.8 Å². The van der Waals surface area contributed by atoms with Gasteiger partial charge in [0.15, 0.2) is 0 Å². The highest BCUT2D eigenvalue weighted by Crippen LogP contribution is 2.16. The highest BCUT2D eigenvalue weighted by Gasteiger charge is 2.11. The number of methoxy groups -OCH3 is 2. The predicted octanol–water partition coefficient (Wildman–Crippen LogP) is 3.13. The van der Waals surface area contributed by atoms with Gasteiger partial charge in [-0.15, -0.1) is 0 Å². The number of carbonyl (C=O) groups is 2. The lowest BCUT2D eigenvalue weighted by atomic mass is 10.1. The number of esters is 1. The molecular weight excluding hydrogens is 294 g/mol. The number of ether oxygens (including phenoxy) is 2. The van der Waals surface area contributed by atoms with Crippen molar-refractivity contribution in [3.63, 3.8) is 0 Å². The third kappa shape index (κ3) is 4.44. The molecule has 0 heterocycles. The predicted molar refractivity (Wildman–Crippen MR) is 88.4 cm³/mol. The van der Waals surface area contributed by atoms with Crippen LogP contribution in [-0.4, -0.2) is 26.1 Å². The number of anilines is 1. The summed E-state index contributed by atoms with van der Waals surface area (Å²) in [4.78, 5) is 23.6. The van der Waals surface area contributed by atoms with Crippen LogP contribution >= 0.6 is 0 Å². The molecule has 0 aliphatic carbocycles. The summed E-state index contributed by atoms with van der Waals surface area (Å²) in [6, 6.07) is 14.0. The maximum absolute atomic E-state index is 12.0. The van der Waals surface area contributed by atoms with Crippen LogP contribution < -0.4 is 10.1 Å². The SMILES string of the molecule is COC(=O)c1ccccc1NC(=O)/C=C/c1ccc(OC)cc1. The minimum absolute atomic E-state index is 0.307. The van der Waals surface area contributed by atoms with Crippen LogP contribution in [0.25, 0.3) is 6.08 Å². The Morgan fingerprint density at radius 2 is 1.70 bits per heavy atom. The van der Waals surface area contributed by atoms with Crippen molar-refractivity contribution in [1.29, 1.82) is 0 Å². The van der Waals surface area contributed by atoms with Crippen LogP contribution in [0.3, 0.4) is 0 Å². The van der Waals surface area contributed by atoms with E-state index in [0.717, 1.165) is 11.3 Å². The molecule has 0 saturated heterocycles. The molecule has 1 N–H and O–H groups in total. The van der Waals surface area contributed by atoms with Crippen LogP contribution in [0.5, 0.6) is 5.75 Å². The summed E-state index contributed by atoms with van der Waals surface area (Å²) in [6.45, 7) is 0. The molecule has 0 bridgehead atoms. The molecule has 2 aromatic carbocycles. The molecule has 0 aliphatic heterocycles. The molecule has 5 heteroatoms. The Bertz CT molecular complexity index is 720. The fourth-order valence-corrected chi connectivity index (χ4v) is 1.94. The van der Waals surface area contributed by atoms with Crippen molar-refractivity contribution < 1.29 is 19.1 Å². The Morgan fingerprint density at radius 1 is 1.00 bits per heavy atom. The zero-order valence-electron chi connectivity index (χ0n) is 12.9. The Kier molecular flexibility index (Phi) is 5.52. The van der Waals surface area contributed by atoms with Gasteiger partial charge in [0.1, 0.15) is 5.75 Å². The minimum atomic E-state index is -0.500. The summed E-state index contributed by atoms with van der Waals surface area (Å²) in [5, 5.41) is 2.67. The molecule has 0 aliphatic rings. The molecule has 118 valence electrons.